The second-order valence-corrected chi connectivity index (χ2v) is 5.20. The highest BCUT2D eigenvalue weighted by molar-refractivity contribution is 6.30. The van der Waals surface area contributed by atoms with Crippen molar-refractivity contribution in [2.45, 2.75) is 26.8 Å². The number of benzene rings is 1. The maximum absolute atomic E-state index is 12.4. The average molecular weight is 308 g/mol. The van der Waals surface area contributed by atoms with Gasteiger partial charge in [0.15, 0.2) is 5.78 Å². The van der Waals surface area contributed by atoms with Gasteiger partial charge < -0.3 is 0 Å². The molecule has 21 heavy (non-hydrogen) atoms. The molecule has 7 heteroatoms. The fourth-order valence-corrected chi connectivity index (χ4v) is 2.39. The fourth-order valence-electron chi connectivity index (χ4n) is 2.26. The van der Waals surface area contributed by atoms with Crippen LogP contribution in [0.5, 0.6) is 0 Å². The van der Waals surface area contributed by atoms with Gasteiger partial charge in [0.25, 0.3) is 0 Å². The molecule has 1 aromatic heterocycles. The summed E-state index contributed by atoms with van der Waals surface area (Å²) in [7, 11) is 0. The van der Waals surface area contributed by atoms with Gasteiger partial charge in [-0.3, -0.25) is 19.6 Å². The molecule has 1 aromatic carbocycles. The third-order valence-electron chi connectivity index (χ3n) is 3.34. The molecule has 0 radical (unpaired) electrons. The van der Waals surface area contributed by atoms with E-state index in [1.54, 1.807) is 45.0 Å². The van der Waals surface area contributed by atoms with E-state index in [9.17, 15) is 14.9 Å². The number of aromatic nitrogens is 2. The zero-order valence-corrected chi connectivity index (χ0v) is 12.6. The summed E-state index contributed by atoms with van der Waals surface area (Å²) in [6.45, 7) is 4.81. The van der Waals surface area contributed by atoms with E-state index < -0.39 is 11.0 Å². The van der Waals surface area contributed by atoms with E-state index in [0.29, 0.717) is 22.0 Å². The Labute approximate surface area is 126 Å². The second kappa shape index (κ2) is 5.65. The maximum Gasteiger partial charge on any atom is 0.312 e. The topological polar surface area (TPSA) is 78.0 Å². The summed E-state index contributed by atoms with van der Waals surface area (Å²) in [5, 5.41) is 15.7. The van der Waals surface area contributed by atoms with E-state index >= 15 is 0 Å². The van der Waals surface area contributed by atoms with Crippen LogP contribution in [0.2, 0.25) is 5.02 Å². The molecule has 0 saturated carbocycles. The summed E-state index contributed by atoms with van der Waals surface area (Å²) in [5.74, 6) is -0.174. The van der Waals surface area contributed by atoms with E-state index in [1.165, 1.54) is 4.68 Å². The van der Waals surface area contributed by atoms with E-state index in [1.807, 2.05) is 0 Å². The van der Waals surface area contributed by atoms with Gasteiger partial charge in [-0.1, -0.05) is 11.6 Å². The van der Waals surface area contributed by atoms with Crippen LogP contribution in [-0.2, 0) is 0 Å². The summed E-state index contributed by atoms with van der Waals surface area (Å²) in [4.78, 5) is 23.0. The molecule has 0 aliphatic heterocycles. The Morgan fingerprint density at radius 3 is 2.38 bits per heavy atom. The van der Waals surface area contributed by atoms with Gasteiger partial charge in [-0.15, -0.1) is 0 Å². The molecule has 0 fully saturated rings. The summed E-state index contributed by atoms with van der Waals surface area (Å²) >= 11 is 5.79. The Morgan fingerprint density at radius 1 is 1.33 bits per heavy atom. The van der Waals surface area contributed by atoms with Gasteiger partial charge in [-0.05, 0) is 45.0 Å². The van der Waals surface area contributed by atoms with Crippen molar-refractivity contribution in [3.63, 3.8) is 0 Å². The summed E-state index contributed by atoms with van der Waals surface area (Å²) < 4.78 is 1.39. The molecule has 0 spiro atoms. The van der Waals surface area contributed by atoms with Crippen molar-refractivity contribution in [2.75, 3.05) is 0 Å². The van der Waals surface area contributed by atoms with Crippen molar-refractivity contribution >= 4 is 23.1 Å². The van der Waals surface area contributed by atoms with Crippen molar-refractivity contribution in [3.05, 3.63) is 56.4 Å². The first-order chi connectivity index (χ1) is 9.82. The first kappa shape index (κ1) is 15.2. The standard InChI is InChI=1S/C14H14ClN3O3/c1-8-13(18(20)21)9(2)17(16-8)10(3)14(19)11-4-6-12(15)7-5-11/h4-7,10H,1-3H3. The molecule has 0 N–H and O–H groups in total. The van der Waals surface area contributed by atoms with Crippen LogP contribution in [0.1, 0.15) is 34.7 Å². The minimum atomic E-state index is -0.626. The molecule has 2 aromatic rings. The first-order valence-corrected chi connectivity index (χ1v) is 6.70. The van der Waals surface area contributed by atoms with Crippen LogP contribution >= 0.6 is 11.6 Å². The van der Waals surface area contributed by atoms with Crippen LogP contribution in [0.3, 0.4) is 0 Å². The van der Waals surface area contributed by atoms with Gasteiger partial charge in [0.2, 0.25) is 0 Å². The van der Waals surface area contributed by atoms with E-state index in [0.717, 1.165) is 0 Å². The van der Waals surface area contributed by atoms with Crippen molar-refractivity contribution in [1.82, 2.24) is 9.78 Å². The normalized spacial score (nSPS) is 12.2. The van der Waals surface area contributed by atoms with Gasteiger partial charge in [0.1, 0.15) is 17.4 Å². The van der Waals surface area contributed by atoms with Gasteiger partial charge in [-0.25, -0.2) is 0 Å². The van der Waals surface area contributed by atoms with Crippen molar-refractivity contribution < 1.29 is 9.72 Å². The van der Waals surface area contributed by atoms with Gasteiger partial charge >= 0.3 is 5.69 Å². The lowest BCUT2D eigenvalue weighted by atomic mass is 10.1. The molecule has 2 rings (SSSR count). The number of ketones is 1. The van der Waals surface area contributed by atoms with Crippen LogP contribution in [0, 0.1) is 24.0 Å². The molecule has 0 bridgehead atoms. The first-order valence-electron chi connectivity index (χ1n) is 6.32. The number of nitrogens with zero attached hydrogens (tertiary/aromatic N) is 3. The average Bonchev–Trinajstić information content (AvgIpc) is 2.73. The number of hydrogen-bond donors (Lipinski definition) is 0. The van der Waals surface area contributed by atoms with Crippen molar-refractivity contribution in [2.24, 2.45) is 0 Å². The molecule has 1 unspecified atom stereocenters. The Balaban J connectivity index is 2.38. The fraction of sp³-hybridized carbons (Fsp3) is 0.286. The number of carbonyl (C=O) groups is 1. The highest BCUT2D eigenvalue weighted by Gasteiger charge is 2.27. The number of carbonyl (C=O) groups excluding carboxylic acids is 1. The molecule has 6 nitrogen and oxygen atoms in total. The molecule has 0 aliphatic carbocycles. The largest absolute Gasteiger partial charge is 0.312 e. The monoisotopic (exact) mass is 307 g/mol. The van der Waals surface area contributed by atoms with E-state index in [-0.39, 0.29) is 11.5 Å². The van der Waals surface area contributed by atoms with E-state index in [4.69, 9.17) is 11.6 Å². The Bertz CT molecular complexity index is 707. The summed E-state index contributed by atoms with van der Waals surface area (Å²) in [5.41, 5.74) is 1.11. The molecular weight excluding hydrogens is 294 g/mol. The highest BCUT2D eigenvalue weighted by Crippen LogP contribution is 2.26. The lowest BCUT2D eigenvalue weighted by Gasteiger charge is -2.12. The minimum Gasteiger partial charge on any atom is -0.292 e. The van der Waals surface area contributed by atoms with Crippen molar-refractivity contribution in [1.29, 1.82) is 0 Å². The number of hydrogen-bond acceptors (Lipinski definition) is 4. The predicted molar refractivity (Wildman–Crippen MR) is 78.8 cm³/mol. The van der Waals surface area contributed by atoms with Gasteiger partial charge in [0, 0.05) is 10.6 Å². The Kier molecular flexibility index (Phi) is 4.09. The Morgan fingerprint density at radius 2 is 1.90 bits per heavy atom. The molecular formula is C14H14ClN3O3. The minimum absolute atomic E-state index is 0.0502. The number of Topliss-reactive ketones (excluding diaryl/α,β-unsaturated/α-hetero) is 1. The third-order valence-corrected chi connectivity index (χ3v) is 3.60. The summed E-state index contributed by atoms with van der Waals surface area (Å²) in [6.07, 6.45) is 0. The molecule has 0 amide bonds. The Hall–Kier alpha value is -2.21. The van der Waals surface area contributed by atoms with Crippen LogP contribution < -0.4 is 0 Å². The maximum atomic E-state index is 12.4. The molecule has 1 atom stereocenters. The smallest absolute Gasteiger partial charge is 0.292 e. The third kappa shape index (κ3) is 2.80. The number of aryl methyl sites for hydroxylation is 1. The van der Waals surface area contributed by atoms with Crippen molar-refractivity contribution in [3.8, 4) is 0 Å². The quantitative estimate of drug-likeness (QED) is 0.492. The second-order valence-electron chi connectivity index (χ2n) is 4.77. The van der Waals surface area contributed by atoms with Crippen LogP contribution in [0.15, 0.2) is 24.3 Å². The molecule has 1 heterocycles. The highest BCUT2D eigenvalue weighted by atomic mass is 35.5. The van der Waals surface area contributed by atoms with Crippen LogP contribution in [0.4, 0.5) is 5.69 Å². The number of halogens is 1. The molecule has 110 valence electrons. The zero-order chi connectivity index (χ0) is 15.7. The predicted octanol–water partition coefficient (Wildman–Crippen LogP) is 3.51. The van der Waals surface area contributed by atoms with Crippen LogP contribution in [-0.4, -0.2) is 20.5 Å². The molecule has 0 aliphatic rings. The zero-order valence-electron chi connectivity index (χ0n) is 11.8. The summed E-state index contributed by atoms with van der Waals surface area (Å²) in [6, 6.07) is 5.89. The van der Waals surface area contributed by atoms with Crippen LogP contribution in [0.25, 0.3) is 0 Å². The van der Waals surface area contributed by atoms with Gasteiger partial charge in [-0.2, -0.15) is 5.10 Å². The molecule has 0 saturated heterocycles. The SMILES string of the molecule is Cc1nn(C(C)C(=O)c2ccc(Cl)cc2)c(C)c1[N+](=O)[O-]. The van der Waals surface area contributed by atoms with E-state index in [2.05, 4.69) is 5.10 Å². The van der Waals surface area contributed by atoms with Gasteiger partial charge in [0.05, 0.1) is 4.92 Å². The lowest BCUT2D eigenvalue weighted by Crippen LogP contribution is -2.19. The number of nitro groups is 1. The lowest BCUT2D eigenvalue weighted by molar-refractivity contribution is -0.386. The number of rotatable bonds is 4.